The largest absolute Gasteiger partial charge is 0.445 e. The fourth-order valence-electron chi connectivity index (χ4n) is 2.22. The third-order valence-electron chi connectivity index (χ3n) is 3.73. The number of benzene rings is 1. The molecule has 25 heavy (non-hydrogen) atoms. The van der Waals surface area contributed by atoms with E-state index in [0.29, 0.717) is 0 Å². The number of alkyl carbamates (subject to hydrolysis) is 1. The summed E-state index contributed by atoms with van der Waals surface area (Å²) in [7, 11) is -3.33. The van der Waals surface area contributed by atoms with Crippen LogP contribution >= 0.6 is 0 Å². The first-order valence-corrected chi connectivity index (χ1v) is 10.1. The van der Waals surface area contributed by atoms with Gasteiger partial charge in [0.05, 0.1) is 11.5 Å². The van der Waals surface area contributed by atoms with Crippen molar-refractivity contribution < 1.29 is 23.1 Å². The van der Waals surface area contributed by atoms with Crippen LogP contribution in [0.5, 0.6) is 0 Å². The zero-order valence-corrected chi connectivity index (χ0v) is 16.2. The first-order valence-electron chi connectivity index (χ1n) is 8.25. The molecule has 0 saturated carbocycles. The third kappa shape index (κ3) is 8.88. The van der Waals surface area contributed by atoms with Crippen molar-refractivity contribution in [2.45, 2.75) is 46.3 Å². The second kappa shape index (κ2) is 8.67. The van der Waals surface area contributed by atoms with Crippen LogP contribution in [0, 0.1) is 5.41 Å². The Bertz CT molecular complexity index is 653. The van der Waals surface area contributed by atoms with E-state index in [0.717, 1.165) is 5.56 Å². The molecule has 0 spiro atoms. The summed E-state index contributed by atoms with van der Waals surface area (Å²) >= 11 is 0. The van der Waals surface area contributed by atoms with Crippen molar-refractivity contribution in [1.82, 2.24) is 5.32 Å². The Morgan fingerprint density at radius 1 is 1.16 bits per heavy atom. The number of nitrogens with one attached hydrogen (secondary N) is 1. The van der Waals surface area contributed by atoms with Gasteiger partial charge in [-0.3, -0.25) is 0 Å². The molecule has 0 aromatic heterocycles. The van der Waals surface area contributed by atoms with Crippen molar-refractivity contribution >= 4 is 15.9 Å². The summed E-state index contributed by atoms with van der Waals surface area (Å²) in [5, 5.41) is 11.9. The molecule has 0 heterocycles. The van der Waals surface area contributed by atoms with Gasteiger partial charge in [0.2, 0.25) is 0 Å². The molecule has 1 aromatic rings. The van der Waals surface area contributed by atoms with Crippen LogP contribution in [0.4, 0.5) is 4.79 Å². The van der Waals surface area contributed by atoms with Gasteiger partial charge in [-0.15, -0.1) is 0 Å². The third-order valence-corrected chi connectivity index (χ3v) is 5.78. The number of hydrogen-bond donors (Lipinski definition) is 2. The topological polar surface area (TPSA) is 92.7 Å². The van der Waals surface area contributed by atoms with Gasteiger partial charge in [0.15, 0.2) is 9.84 Å². The summed E-state index contributed by atoms with van der Waals surface area (Å²) in [5.74, 6) is -0.159. The lowest BCUT2D eigenvalue weighted by atomic mass is 9.98. The first-order chi connectivity index (χ1) is 11.4. The van der Waals surface area contributed by atoms with Crippen molar-refractivity contribution in [2.24, 2.45) is 5.41 Å². The lowest BCUT2D eigenvalue weighted by molar-refractivity contribution is 0.129. The molecule has 0 radical (unpaired) electrons. The second-order valence-corrected chi connectivity index (χ2v) is 9.92. The van der Waals surface area contributed by atoms with Gasteiger partial charge < -0.3 is 15.2 Å². The summed E-state index contributed by atoms with van der Waals surface area (Å²) in [6, 6.07) is 9.31. The zero-order valence-electron chi connectivity index (χ0n) is 15.4. The number of hydrogen-bond acceptors (Lipinski definition) is 5. The van der Waals surface area contributed by atoms with E-state index in [1.165, 1.54) is 0 Å². The molecule has 0 aliphatic rings. The molecule has 0 aliphatic heterocycles. The Morgan fingerprint density at radius 2 is 1.76 bits per heavy atom. The highest BCUT2D eigenvalue weighted by atomic mass is 32.2. The monoisotopic (exact) mass is 371 g/mol. The molecular weight excluding hydrogens is 342 g/mol. The normalized spacial score (nSPS) is 12.7. The number of carbonyl (C=O) groups excluding carboxylic acids is 1. The van der Waals surface area contributed by atoms with Crippen molar-refractivity contribution in [3.8, 4) is 0 Å². The molecule has 0 saturated heterocycles. The molecule has 7 heteroatoms. The minimum Gasteiger partial charge on any atom is -0.445 e. The number of amides is 1. The van der Waals surface area contributed by atoms with Crippen LogP contribution in [-0.4, -0.2) is 43.3 Å². The van der Waals surface area contributed by atoms with E-state index in [1.54, 1.807) is 27.7 Å². The van der Waals surface area contributed by atoms with Crippen LogP contribution in [-0.2, 0) is 21.2 Å². The highest BCUT2D eigenvalue weighted by Crippen LogP contribution is 2.19. The predicted octanol–water partition coefficient (Wildman–Crippen LogP) is 2.51. The van der Waals surface area contributed by atoms with Gasteiger partial charge in [0.25, 0.3) is 0 Å². The van der Waals surface area contributed by atoms with Crippen LogP contribution in [0.1, 0.15) is 39.7 Å². The van der Waals surface area contributed by atoms with Gasteiger partial charge in [0, 0.05) is 17.6 Å². The Balaban J connectivity index is 2.48. The van der Waals surface area contributed by atoms with Gasteiger partial charge in [0.1, 0.15) is 6.61 Å². The molecule has 0 unspecified atom stereocenters. The highest BCUT2D eigenvalue weighted by molar-refractivity contribution is 7.91. The smallest absolute Gasteiger partial charge is 0.407 e. The zero-order chi connectivity index (χ0) is 19.1. The molecule has 1 amide bonds. The Morgan fingerprint density at radius 3 is 2.32 bits per heavy atom. The Hall–Kier alpha value is -1.60. The van der Waals surface area contributed by atoms with Gasteiger partial charge in [-0.1, -0.05) is 44.2 Å². The average molecular weight is 371 g/mol. The molecule has 142 valence electrons. The summed E-state index contributed by atoms with van der Waals surface area (Å²) in [5.41, 5.74) is -0.515. The van der Waals surface area contributed by atoms with E-state index < -0.39 is 26.9 Å². The number of aliphatic hydroxyl groups excluding tert-OH is 1. The van der Waals surface area contributed by atoms with Crippen LogP contribution < -0.4 is 5.32 Å². The molecule has 0 fully saturated rings. The maximum absolute atomic E-state index is 12.2. The number of rotatable bonds is 9. The van der Waals surface area contributed by atoms with Crippen molar-refractivity contribution in [2.75, 3.05) is 18.1 Å². The van der Waals surface area contributed by atoms with E-state index in [9.17, 15) is 18.3 Å². The lowest BCUT2D eigenvalue weighted by Crippen LogP contribution is -2.45. The van der Waals surface area contributed by atoms with Crippen LogP contribution in [0.15, 0.2) is 30.3 Å². The summed E-state index contributed by atoms with van der Waals surface area (Å²) in [6.07, 6.45) is -0.320. The fourth-order valence-corrected chi connectivity index (χ4v) is 4.47. The minimum absolute atomic E-state index is 0.0671. The fraction of sp³-hybridized carbons (Fsp3) is 0.611. The van der Waals surface area contributed by atoms with Gasteiger partial charge >= 0.3 is 6.09 Å². The number of aliphatic hydroxyl groups is 1. The van der Waals surface area contributed by atoms with E-state index in [4.69, 9.17) is 4.74 Å². The van der Waals surface area contributed by atoms with Gasteiger partial charge in [-0.2, -0.15) is 0 Å². The van der Waals surface area contributed by atoms with Gasteiger partial charge in [-0.25, -0.2) is 13.2 Å². The van der Waals surface area contributed by atoms with Crippen molar-refractivity contribution in [3.63, 3.8) is 0 Å². The molecule has 6 nitrogen and oxygen atoms in total. The molecule has 0 aliphatic carbocycles. The van der Waals surface area contributed by atoms with Crippen LogP contribution in [0.3, 0.4) is 0 Å². The van der Waals surface area contributed by atoms with E-state index in [-0.39, 0.29) is 31.1 Å². The van der Waals surface area contributed by atoms with Gasteiger partial charge in [-0.05, 0) is 25.8 Å². The summed E-state index contributed by atoms with van der Waals surface area (Å²) < 4.78 is 29.5. The molecule has 1 rings (SSSR count). The molecule has 0 bridgehead atoms. The van der Waals surface area contributed by atoms with Crippen LogP contribution in [0.2, 0.25) is 0 Å². The molecule has 2 N–H and O–H groups in total. The number of carbonyl (C=O) groups is 1. The Labute approximate surface area is 150 Å². The first kappa shape index (κ1) is 21.4. The van der Waals surface area contributed by atoms with E-state index in [1.807, 2.05) is 30.3 Å². The minimum atomic E-state index is -3.33. The Kier molecular flexibility index (Phi) is 7.44. The number of sulfone groups is 1. The maximum atomic E-state index is 12.2. The van der Waals surface area contributed by atoms with Crippen molar-refractivity contribution in [3.05, 3.63) is 35.9 Å². The summed E-state index contributed by atoms with van der Waals surface area (Å²) in [4.78, 5) is 11.9. The highest BCUT2D eigenvalue weighted by Gasteiger charge is 2.29. The summed E-state index contributed by atoms with van der Waals surface area (Å²) in [6.45, 7) is 6.88. The SMILES string of the molecule is CC(C)(CO)CS(=O)(=O)CCC(C)(C)NC(=O)OCc1ccccc1. The maximum Gasteiger partial charge on any atom is 0.407 e. The molecule has 1 aromatic carbocycles. The van der Waals surface area contributed by atoms with Crippen LogP contribution in [0.25, 0.3) is 0 Å². The second-order valence-electron chi connectivity index (χ2n) is 7.73. The number of ether oxygens (including phenoxy) is 1. The predicted molar refractivity (Wildman–Crippen MR) is 98.0 cm³/mol. The quantitative estimate of drug-likeness (QED) is 0.696. The lowest BCUT2D eigenvalue weighted by Gasteiger charge is -2.27. The molecular formula is C18H29NO5S. The van der Waals surface area contributed by atoms with E-state index in [2.05, 4.69) is 5.32 Å². The van der Waals surface area contributed by atoms with Crippen molar-refractivity contribution in [1.29, 1.82) is 0 Å². The molecule has 0 atom stereocenters. The average Bonchev–Trinajstić information content (AvgIpc) is 2.51. The van der Waals surface area contributed by atoms with E-state index >= 15 is 0 Å². The standard InChI is InChI=1S/C18H29NO5S/c1-17(2,13-20)14-25(22,23)11-10-18(3,4)19-16(21)24-12-15-8-6-5-7-9-15/h5-9,20H,10-14H2,1-4H3,(H,19,21).